The van der Waals surface area contributed by atoms with Crippen molar-refractivity contribution < 1.29 is 14.5 Å². The van der Waals surface area contributed by atoms with Crippen LogP contribution in [0.25, 0.3) is 0 Å². The number of hydrogen-bond donors (Lipinski definition) is 2. The molecule has 0 aliphatic carbocycles. The van der Waals surface area contributed by atoms with Gasteiger partial charge < -0.3 is 15.8 Å². The van der Waals surface area contributed by atoms with E-state index >= 15 is 0 Å². The molecule has 0 saturated carbocycles. The van der Waals surface area contributed by atoms with Gasteiger partial charge in [0.2, 0.25) is 5.91 Å². The lowest BCUT2D eigenvalue weighted by atomic mass is 9.84. The molecule has 1 aromatic rings. The highest BCUT2D eigenvalue weighted by atomic mass is 35.5. The number of benzene rings is 1. The fourth-order valence-corrected chi connectivity index (χ4v) is 2.36. The third-order valence-corrected chi connectivity index (χ3v) is 4.08. The molecule has 8 heteroatoms. The summed E-state index contributed by atoms with van der Waals surface area (Å²) in [7, 11) is 0. The third kappa shape index (κ3) is 2.85. The summed E-state index contributed by atoms with van der Waals surface area (Å²) >= 11 is 5.86. The highest BCUT2D eigenvalue weighted by Gasteiger charge is 2.44. The Hall–Kier alpha value is -1.70. The number of nitro groups is 1. The molecule has 0 spiro atoms. The Labute approximate surface area is 126 Å². The van der Waals surface area contributed by atoms with E-state index in [-0.39, 0.29) is 23.2 Å². The molecule has 0 radical (unpaired) electrons. The van der Waals surface area contributed by atoms with Gasteiger partial charge in [0.1, 0.15) is 5.02 Å². The molecule has 21 heavy (non-hydrogen) atoms. The lowest BCUT2D eigenvalue weighted by Gasteiger charge is -2.25. The first-order valence-corrected chi connectivity index (χ1v) is 6.73. The Morgan fingerprint density at radius 1 is 1.62 bits per heavy atom. The van der Waals surface area contributed by atoms with Gasteiger partial charge in [0.25, 0.3) is 5.69 Å². The maximum absolute atomic E-state index is 12.4. The van der Waals surface area contributed by atoms with E-state index in [9.17, 15) is 14.9 Å². The van der Waals surface area contributed by atoms with Crippen LogP contribution < -0.4 is 11.1 Å². The summed E-state index contributed by atoms with van der Waals surface area (Å²) in [4.78, 5) is 22.6. The van der Waals surface area contributed by atoms with Crippen molar-refractivity contribution >= 4 is 28.9 Å². The number of nitrogens with two attached hydrogens (primary N) is 1. The monoisotopic (exact) mass is 313 g/mol. The molecule has 1 aromatic carbocycles. The van der Waals surface area contributed by atoms with Gasteiger partial charge in [0.05, 0.1) is 23.6 Å². The van der Waals surface area contributed by atoms with Gasteiger partial charge >= 0.3 is 0 Å². The van der Waals surface area contributed by atoms with Crippen molar-refractivity contribution in [1.29, 1.82) is 0 Å². The van der Waals surface area contributed by atoms with E-state index in [1.807, 2.05) is 0 Å². The number of amides is 1. The normalized spacial score (nSPS) is 24.9. The molecule has 2 atom stereocenters. The quantitative estimate of drug-likeness (QED) is 0.654. The molecule has 1 saturated heterocycles. The smallest absolute Gasteiger partial charge is 0.288 e. The van der Waals surface area contributed by atoms with Crippen molar-refractivity contribution in [1.82, 2.24) is 0 Å². The number of ether oxygens (including phenoxy) is 1. The molecule has 3 N–H and O–H groups in total. The van der Waals surface area contributed by atoms with Crippen molar-refractivity contribution in [2.24, 2.45) is 11.1 Å². The maximum Gasteiger partial charge on any atom is 0.288 e. The lowest BCUT2D eigenvalue weighted by molar-refractivity contribution is -0.384. The molecular weight excluding hydrogens is 298 g/mol. The molecule has 2 rings (SSSR count). The largest absolute Gasteiger partial charge is 0.379 e. The molecule has 0 bridgehead atoms. The van der Waals surface area contributed by atoms with E-state index in [1.165, 1.54) is 12.1 Å². The topological polar surface area (TPSA) is 107 Å². The van der Waals surface area contributed by atoms with E-state index in [1.54, 1.807) is 13.8 Å². The van der Waals surface area contributed by atoms with Gasteiger partial charge in [-0.15, -0.1) is 0 Å². The number of aryl methyl sites for hydroxylation is 1. The van der Waals surface area contributed by atoms with Crippen LogP contribution in [0.4, 0.5) is 11.4 Å². The Morgan fingerprint density at radius 2 is 2.29 bits per heavy atom. The second kappa shape index (κ2) is 5.59. The van der Waals surface area contributed by atoms with Crippen LogP contribution in [0.5, 0.6) is 0 Å². The third-order valence-electron chi connectivity index (χ3n) is 3.78. The van der Waals surface area contributed by atoms with Crippen LogP contribution in [0, 0.1) is 22.5 Å². The molecule has 1 aliphatic rings. The van der Waals surface area contributed by atoms with Crippen molar-refractivity contribution in [2.45, 2.75) is 19.9 Å². The second-order valence-electron chi connectivity index (χ2n) is 5.37. The minimum Gasteiger partial charge on any atom is -0.379 e. The zero-order valence-corrected chi connectivity index (χ0v) is 12.4. The highest BCUT2D eigenvalue weighted by Crippen LogP contribution is 2.33. The zero-order valence-electron chi connectivity index (χ0n) is 11.7. The van der Waals surface area contributed by atoms with Crippen molar-refractivity contribution in [3.05, 3.63) is 32.8 Å². The van der Waals surface area contributed by atoms with Crippen LogP contribution in [0.15, 0.2) is 12.1 Å². The number of halogens is 1. The summed E-state index contributed by atoms with van der Waals surface area (Å²) in [5, 5.41) is 13.5. The number of carbonyl (C=O) groups is 1. The Balaban J connectivity index is 2.26. The van der Waals surface area contributed by atoms with E-state index in [4.69, 9.17) is 22.1 Å². The average molecular weight is 314 g/mol. The van der Waals surface area contributed by atoms with E-state index < -0.39 is 16.4 Å². The standard InChI is InChI=1S/C13H16ClN3O4/c1-7-3-10(17(19)20)8(14)4-9(7)16-12(18)13(2)6-21-5-11(13)15/h3-4,11H,5-6,15H2,1-2H3,(H,16,18). The molecule has 1 aliphatic heterocycles. The molecular formula is C13H16ClN3O4. The minimum absolute atomic E-state index is 0.0296. The Bertz CT molecular complexity index is 607. The summed E-state index contributed by atoms with van der Waals surface area (Å²) in [6, 6.07) is 2.30. The van der Waals surface area contributed by atoms with E-state index in [0.717, 1.165) is 0 Å². The van der Waals surface area contributed by atoms with Crippen molar-refractivity contribution in [2.75, 3.05) is 18.5 Å². The van der Waals surface area contributed by atoms with E-state index in [2.05, 4.69) is 5.32 Å². The fourth-order valence-electron chi connectivity index (χ4n) is 2.13. The number of hydrogen-bond acceptors (Lipinski definition) is 5. The SMILES string of the molecule is Cc1cc([N+](=O)[O-])c(Cl)cc1NC(=O)C1(C)COCC1N. The van der Waals surface area contributed by atoms with Gasteiger partial charge in [-0.2, -0.15) is 0 Å². The summed E-state index contributed by atoms with van der Waals surface area (Å²) in [6.07, 6.45) is 0. The summed E-state index contributed by atoms with van der Waals surface area (Å²) in [5.74, 6) is -0.291. The van der Waals surface area contributed by atoms with E-state index in [0.29, 0.717) is 17.9 Å². The number of nitrogens with zero attached hydrogens (tertiary/aromatic N) is 1. The van der Waals surface area contributed by atoms with Gasteiger partial charge in [-0.05, 0) is 25.5 Å². The molecule has 114 valence electrons. The first-order valence-electron chi connectivity index (χ1n) is 6.35. The molecule has 2 unspecified atom stereocenters. The summed E-state index contributed by atoms with van der Waals surface area (Å²) in [6.45, 7) is 3.94. The van der Waals surface area contributed by atoms with Gasteiger partial charge in [-0.3, -0.25) is 14.9 Å². The summed E-state index contributed by atoms with van der Waals surface area (Å²) < 4.78 is 5.23. The number of carbonyl (C=O) groups excluding carboxylic acids is 1. The molecule has 1 amide bonds. The van der Waals surface area contributed by atoms with Gasteiger partial charge in [0, 0.05) is 17.8 Å². The van der Waals surface area contributed by atoms with Crippen LogP contribution >= 0.6 is 11.6 Å². The van der Waals surface area contributed by atoms with Crippen molar-refractivity contribution in [3.63, 3.8) is 0 Å². The summed E-state index contributed by atoms with van der Waals surface area (Å²) in [5.41, 5.74) is 5.85. The molecule has 1 fully saturated rings. The number of anilines is 1. The minimum atomic E-state index is -0.833. The highest BCUT2D eigenvalue weighted by molar-refractivity contribution is 6.33. The van der Waals surface area contributed by atoms with Gasteiger partial charge in [-0.1, -0.05) is 11.6 Å². The molecule has 0 aromatic heterocycles. The Morgan fingerprint density at radius 3 is 2.81 bits per heavy atom. The fraction of sp³-hybridized carbons (Fsp3) is 0.462. The molecule has 1 heterocycles. The number of nitrogens with one attached hydrogen (secondary N) is 1. The predicted molar refractivity (Wildman–Crippen MR) is 78.4 cm³/mol. The lowest BCUT2D eigenvalue weighted by Crippen LogP contribution is -2.47. The van der Waals surface area contributed by atoms with Crippen LogP contribution in [0.1, 0.15) is 12.5 Å². The van der Waals surface area contributed by atoms with Crippen LogP contribution in [0.3, 0.4) is 0 Å². The maximum atomic E-state index is 12.4. The zero-order chi connectivity index (χ0) is 15.8. The van der Waals surface area contributed by atoms with Crippen LogP contribution in [-0.4, -0.2) is 30.1 Å². The molecule has 7 nitrogen and oxygen atoms in total. The predicted octanol–water partition coefficient (Wildman–Crippen LogP) is 1.86. The van der Waals surface area contributed by atoms with Crippen LogP contribution in [-0.2, 0) is 9.53 Å². The average Bonchev–Trinajstić information content (AvgIpc) is 2.74. The van der Waals surface area contributed by atoms with Gasteiger partial charge in [0.15, 0.2) is 0 Å². The van der Waals surface area contributed by atoms with Crippen LogP contribution in [0.2, 0.25) is 5.02 Å². The Kier molecular flexibility index (Phi) is 4.18. The number of nitro benzene ring substituents is 1. The van der Waals surface area contributed by atoms with Gasteiger partial charge in [-0.25, -0.2) is 0 Å². The first kappa shape index (κ1) is 15.7. The first-order chi connectivity index (χ1) is 9.75. The van der Waals surface area contributed by atoms with Crippen molar-refractivity contribution in [3.8, 4) is 0 Å². The number of rotatable bonds is 3. The second-order valence-corrected chi connectivity index (χ2v) is 5.78.